The van der Waals surface area contributed by atoms with Crippen LogP contribution in [0.3, 0.4) is 0 Å². The van der Waals surface area contributed by atoms with Crippen LogP contribution in [-0.2, 0) is 0 Å². The van der Waals surface area contributed by atoms with Crippen LogP contribution in [-0.4, -0.2) is 60.0 Å². The quantitative estimate of drug-likeness (QED) is 0.816. The summed E-state index contributed by atoms with van der Waals surface area (Å²) in [5.41, 5.74) is 2.32. The number of nitrogens with zero attached hydrogens (tertiary/aromatic N) is 5. The molecular weight excluding hydrogens is 357 g/mol. The van der Waals surface area contributed by atoms with Crippen molar-refractivity contribution in [3.8, 4) is 0 Å². The lowest BCUT2D eigenvalue weighted by Crippen LogP contribution is -2.47. The number of aromatic nitrogens is 2. The molecule has 0 atom stereocenters. The minimum Gasteiger partial charge on any atom is -0.368 e. The van der Waals surface area contributed by atoms with Crippen molar-refractivity contribution in [2.45, 2.75) is 26.2 Å². The molecule has 1 aromatic carbocycles. The summed E-state index contributed by atoms with van der Waals surface area (Å²) in [6.45, 7) is 6.67. The van der Waals surface area contributed by atoms with E-state index < -0.39 is 0 Å². The first-order valence-corrected chi connectivity index (χ1v) is 10.0. The van der Waals surface area contributed by atoms with Crippen LogP contribution in [0.1, 0.15) is 35.4 Å². The Morgan fingerprint density at radius 2 is 1.54 bits per heavy atom. The highest BCUT2D eigenvalue weighted by Crippen LogP contribution is 2.20. The van der Waals surface area contributed by atoms with Crippen molar-refractivity contribution < 1.29 is 9.18 Å². The normalized spacial score (nSPS) is 17.7. The van der Waals surface area contributed by atoms with Crippen LogP contribution in [0.25, 0.3) is 0 Å². The van der Waals surface area contributed by atoms with Crippen LogP contribution < -0.4 is 9.80 Å². The zero-order valence-electron chi connectivity index (χ0n) is 16.3. The van der Waals surface area contributed by atoms with Crippen molar-refractivity contribution in [3.05, 3.63) is 47.5 Å². The predicted octanol–water partition coefficient (Wildman–Crippen LogP) is 2.88. The summed E-state index contributed by atoms with van der Waals surface area (Å²) in [6.07, 6.45) is 3.32. The highest BCUT2D eigenvalue weighted by Gasteiger charge is 2.23. The van der Waals surface area contributed by atoms with Gasteiger partial charge in [0.05, 0.1) is 0 Å². The molecule has 3 heterocycles. The van der Waals surface area contributed by atoms with Crippen molar-refractivity contribution >= 4 is 17.5 Å². The van der Waals surface area contributed by atoms with E-state index in [-0.39, 0.29) is 11.7 Å². The number of aryl methyl sites for hydroxylation is 1. The number of rotatable bonds is 3. The van der Waals surface area contributed by atoms with E-state index in [0.29, 0.717) is 11.6 Å². The van der Waals surface area contributed by atoms with E-state index in [4.69, 9.17) is 0 Å². The molecule has 2 fully saturated rings. The van der Waals surface area contributed by atoms with Crippen molar-refractivity contribution in [1.82, 2.24) is 14.9 Å². The Bertz CT molecular complexity index is 827. The number of anilines is 2. The molecule has 2 aliphatic rings. The Hall–Kier alpha value is -2.70. The Morgan fingerprint density at radius 1 is 0.893 bits per heavy atom. The number of halogens is 1. The van der Waals surface area contributed by atoms with Crippen LogP contribution in [0.5, 0.6) is 0 Å². The van der Waals surface area contributed by atoms with Gasteiger partial charge in [0.1, 0.15) is 11.5 Å². The molecule has 2 aliphatic heterocycles. The third kappa shape index (κ3) is 4.08. The molecule has 1 aromatic heterocycles. The van der Waals surface area contributed by atoms with Gasteiger partial charge >= 0.3 is 0 Å². The Kier molecular flexibility index (Phi) is 5.41. The maximum Gasteiger partial charge on any atom is 0.272 e. The summed E-state index contributed by atoms with van der Waals surface area (Å²) in [5.74, 6) is 0.414. The molecular formula is C21H26FN5O. The van der Waals surface area contributed by atoms with Crippen molar-refractivity contribution in [1.29, 1.82) is 0 Å². The van der Waals surface area contributed by atoms with Gasteiger partial charge in [0, 0.05) is 50.6 Å². The number of hydrogen-bond acceptors (Lipinski definition) is 5. The van der Waals surface area contributed by atoms with Gasteiger partial charge in [-0.25, -0.2) is 14.4 Å². The number of piperazine rings is 1. The van der Waals surface area contributed by atoms with Crippen LogP contribution in [0.2, 0.25) is 0 Å². The van der Waals surface area contributed by atoms with Crippen molar-refractivity contribution in [2.24, 2.45) is 0 Å². The topological polar surface area (TPSA) is 52.6 Å². The van der Waals surface area contributed by atoms with Crippen LogP contribution >= 0.6 is 0 Å². The van der Waals surface area contributed by atoms with Crippen LogP contribution in [0, 0.1) is 12.7 Å². The molecule has 0 spiro atoms. The second-order valence-corrected chi connectivity index (χ2v) is 7.50. The Morgan fingerprint density at radius 3 is 2.21 bits per heavy atom. The number of piperidine rings is 1. The summed E-state index contributed by atoms with van der Waals surface area (Å²) in [4.78, 5) is 28.3. The molecule has 0 aliphatic carbocycles. The summed E-state index contributed by atoms with van der Waals surface area (Å²) >= 11 is 0. The number of amides is 1. The minimum atomic E-state index is -0.221. The second kappa shape index (κ2) is 8.12. The van der Waals surface area contributed by atoms with E-state index in [0.717, 1.165) is 63.5 Å². The fourth-order valence-electron chi connectivity index (χ4n) is 3.88. The maximum atomic E-state index is 13.1. The van der Waals surface area contributed by atoms with Crippen LogP contribution in [0.4, 0.5) is 16.0 Å². The van der Waals surface area contributed by atoms with Gasteiger partial charge in [0.2, 0.25) is 5.95 Å². The minimum absolute atomic E-state index is 0.0106. The van der Waals surface area contributed by atoms with E-state index in [2.05, 4.69) is 19.8 Å². The standard InChI is InChI=1S/C21H26FN5O/c1-16-15-19(20(28)26-9-3-2-4-10-26)24-21(23-16)27-13-11-25(12-14-27)18-7-5-17(22)6-8-18/h5-8,15H,2-4,9-14H2,1H3. The van der Waals surface area contributed by atoms with Crippen molar-refractivity contribution in [2.75, 3.05) is 49.1 Å². The number of benzene rings is 1. The molecule has 28 heavy (non-hydrogen) atoms. The van der Waals surface area contributed by atoms with Gasteiger partial charge in [-0.2, -0.15) is 0 Å². The van der Waals surface area contributed by atoms with Gasteiger partial charge in [0.15, 0.2) is 0 Å². The fourth-order valence-corrected chi connectivity index (χ4v) is 3.88. The van der Waals surface area contributed by atoms with Crippen LogP contribution in [0.15, 0.2) is 30.3 Å². The van der Waals surface area contributed by atoms with Gasteiger partial charge in [-0.05, 0) is 56.5 Å². The molecule has 0 N–H and O–H groups in total. The van der Waals surface area contributed by atoms with Gasteiger partial charge < -0.3 is 14.7 Å². The maximum absolute atomic E-state index is 13.1. The Balaban J connectivity index is 1.45. The van der Waals surface area contributed by atoms with Gasteiger partial charge in [-0.3, -0.25) is 4.79 Å². The molecule has 0 saturated carbocycles. The molecule has 2 saturated heterocycles. The molecule has 0 radical (unpaired) electrons. The van der Waals surface area contributed by atoms with E-state index in [9.17, 15) is 9.18 Å². The Labute approximate surface area is 165 Å². The first-order chi connectivity index (χ1) is 13.6. The summed E-state index contributed by atoms with van der Waals surface area (Å²) in [6, 6.07) is 8.38. The van der Waals surface area contributed by atoms with E-state index in [1.54, 1.807) is 6.07 Å². The van der Waals surface area contributed by atoms with Crippen molar-refractivity contribution in [3.63, 3.8) is 0 Å². The summed E-state index contributed by atoms with van der Waals surface area (Å²) in [7, 11) is 0. The molecule has 7 heteroatoms. The van der Waals surface area contributed by atoms with Gasteiger partial charge in [-0.15, -0.1) is 0 Å². The molecule has 6 nitrogen and oxygen atoms in total. The highest BCUT2D eigenvalue weighted by molar-refractivity contribution is 5.92. The van der Waals surface area contributed by atoms with E-state index in [1.807, 2.05) is 24.0 Å². The third-order valence-corrected chi connectivity index (χ3v) is 5.46. The SMILES string of the molecule is Cc1cc(C(=O)N2CCCCC2)nc(N2CCN(c3ccc(F)cc3)CC2)n1. The predicted molar refractivity (Wildman–Crippen MR) is 107 cm³/mol. The zero-order valence-corrected chi connectivity index (χ0v) is 16.3. The number of carbonyl (C=O) groups excluding carboxylic acids is 1. The molecule has 148 valence electrons. The molecule has 1 amide bonds. The van der Waals surface area contributed by atoms with E-state index >= 15 is 0 Å². The first-order valence-electron chi connectivity index (χ1n) is 10.0. The molecule has 2 aromatic rings. The summed E-state index contributed by atoms with van der Waals surface area (Å²) in [5, 5.41) is 0. The third-order valence-electron chi connectivity index (χ3n) is 5.46. The number of likely N-dealkylation sites (tertiary alicyclic amines) is 1. The van der Waals surface area contributed by atoms with Gasteiger partial charge in [-0.1, -0.05) is 0 Å². The first kappa shape index (κ1) is 18.7. The summed E-state index contributed by atoms with van der Waals surface area (Å²) < 4.78 is 13.1. The largest absolute Gasteiger partial charge is 0.368 e. The lowest BCUT2D eigenvalue weighted by molar-refractivity contribution is 0.0718. The zero-order chi connectivity index (χ0) is 19.5. The molecule has 4 rings (SSSR count). The lowest BCUT2D eigenvalue weighted by atomic mass is 10.1. The monoisotopic (exact) mass is 383 g/mol. The number of carbonyl (C=O) groups is 1. The van der Waals surface area contributed by atoms with Gasteiger partial charge in [0.25, 0.3) is 5.91 Å². The highest BCUT2D eigenvalue weighted by atomic mass is 19.1. The second-order valence-electron chi connectivity index (χ2n) is 7.50. The smallest absolute Gasteiger partial charge is 0.272 e. The number of hydrogen-bond donors (Lipinski definition) is 0. The average Bonchev–Trinajstić information content (AvgIpc) is 2.74. The molecule has 0 unspecified atom stereocenters. The molecule has 0 bridgehead atoms. The lowest BCUT2D eigenvalue weighted by Gasteiger charge is -2.36. The van der Waals surface area contributed by atoms with E-state index in [1.165, 1.54) is 18.6 Å². The average molecular weight is 383 g/mol. The fraction of sp³-hybridized carbons (Fsp3) is 0.476.